The van der Waals surface area contributed by atoms with Gasteiger partial charge in [-0.25, -0.2) is 23.4 Å². The van der Waals surface area contributed by atoms with Gasteiger partial charge in [0, 0.05) is 13.6 Å². The molecule has 1 fully saturated rings. The van der Waals surface area contributed by atoms with Crippen LogP contribution >= 0.6 is 0 Å². The molecule has 0 bridgehead atoms. The lowest BCUT2D eigenvalue weighted by molar-refractivity contribution is -0.141. The van der Waals surface area contributed by atoms with Gasteiger partial charge in [-0.3, -0.25) is 4.79 Å². The number of aromatic nitrogens is 4. The molecule has 1 amide bonds. The zero-order valence-electron chi connectivity index (χ0n) is 17.0. The maximum Gasteiger partial charge on any atom is 0.433 e. The molecule has 0 N–H and O–H groups in total. The Balaban J connectivity index is 1.90. The average Bonchev–Trinajstić information content (AvgIpc) is 3.09. The molecule has 3 aromatic heterocycles. The molecule has 0 atom stereocenters. The molecule has 170 valence electrons. The van der Waals surface area contributed by atoms with Gasteiger partial charge in [-0.05, 0) is 12.1 Å². The van der Waals surface area contributed by atoms with E-state index in [4.69, 9.17) is 4.74 Å². The number of aryl methyl sites for hydroxylation is 1. The van der Waals surface area contributed by atoms with E-state index in [0.29, 0.717) is 6.61 Å². The third kappa shape index (κ3) is 3.81. The third-order valence-corrected chi connectivity index (χ3v) is 6.86. The Morgan fingerprint density at radius 2 is 1.94 bits per heavy atom. The van der Waals surface area contributed by atoms with E-state index in [1.807, 2.05) is 0 Å². The minimum atomic E-state index is -4.65. The van der Waals surface area contributed by atoms with Crippen molar-refractivity contribution < 1.29 is 31.1 Å². The minimum absolute atomic E-state index is 0.00101. The molecule has 32 heavy (non-hydrogen) atoms. The van der Waals surface area contributed by atoms with Crippen molar-refractivity contribution in [2.24, 2.45) is 7.05 Å². The summed E-state index contributed by atoms with van der Waals surface area (Å²) in [5.74, 6) is -0.515. The number of hydrogen-bond acceptors (Lipinski definition) is 7. The lowest BCUT2D eigenvalue weighted by Gasteiger charge is -2.27. The highest BCUT2D eigenvalue weighted by atomic mass is 32.2. The molecule has 4 heterocycles. The topological polar surface area (TPSA) is 107 Å². The molecular formula is C19H18F3N5O4S. The second-order valence-corrected chi connectivity index (χ2v) is 9.34. The lowest BCUT2D eigenvalue weighted by atomic mass is 10.2. The second-order valence-electron chi connectivity index (χ2n) is 7.09. The van der Waals surface area contributed by atoms with Crippen LogP contribution in [0.25, 0.3) is 22.6 Å². The number of halogens is 3. The zero-order chi connectivity index (χ0) is 23.3. The van der Waals surface area contributed by atoms with Crippen LogP contribution in [0.3, 0.4) is 0 Å². The van der Waals surface area contributed by atoms with E-state index in [0.717, 1.165) is 12.3 Å². The quantitative estimate of drug-likeness (QED) is 0.577. The van der Waals surface area contributed by atoms with Crippen molar-refractivity contribution in [1.29, 1.82) is 0 Å². The van der Waals surface area contributed by atoms with Crippen molar-refractivity contribution in [2.45, 2.75) is 18.0 Å². The van der Waals surface area contributed by atoms with Crippen LogP contribution in [0, 0.1) is 0 Å². The van der Waals surface area contributed by atoms with Crippen LogP contribution in [0.1, 0.15) is 12.6 Å². The van der Waals surface area contributed by atoms with Gasteiger partial charge < -0.3 is 14.2 Å². The fourth-order valence-electron chi connectivity index (χ4n) is 3.39. The van der Waals surface area contributed by atoms with Crippen LogP contribution in [0.4, 0.5) is 18.9 Å². The highest BCUT2D eigenvalue weighted by molar-refractivity contribution is 7.91. The number of anilines is 1. The number of morpholine rings is 1. The number of nitrogens with zero attached hydrogens (tertiary/aromatic N) is 5. The maximum absolute atomic E-state index is 13.0. The first-order valence-corrected chi connectivity index (χ1v) is 11.2. The van der Waals surface area contributed by atoms with Gasteiger partial charge in [0.1, 0.15) is 18.0 Å². The summed E-state index contributed by atoms with van der Waals surface area (Å²) in [7, 11) is -2.29. The number of amides is 1. The number of carbonyl (C=O) groups excluding carboxylic acids is 1. The molecule has 0 saturated carbocycles. The molecule has 1 aliphatic heterocycles. The van der Waals surface area contributed by atoms with Crippen molar-refractivity contribution in [2.75, 3.05) is 30.4 Å². The Bertz CT molecular complexity index is 1320. The van der Waals surface area contributed by atoms with Crippen molar-refractivity contribution in [3.8, 4) is 11.5 Å². The van der Waals surface area contributed by atoms with Crippen molar-refractivity contribution in [1.82, 2.24) is 19.5 Å². The smallest absolute Gasteiger partial charge is 0.370 e. The zero-order valence-corrected chi connectivity index (χ0v) is 17.9. The van der Waals surface area contributed by atoms with E-state index in [1.54, 1.807) is 0 Å². The summed E-state index contributed by atoms with van der Waals surface area (Å²) in [6, 6.07) is 2.14. The van der Waals surface area contributed by atoms with E-state index < -0.39 is 21.7 Å². The molecule has 0 aromatic carbocycles. The Morgan fingerprint density at radius 1 is 1.19 bits per heavy atom. The predicted octanol–water partition coefficient (Wildman–Crippen LogP) is 2.21. The van der Waals surface area contributed by atoms with Crippen LogP contribution < -0.4 is 4.90 Å². The van der Waals surface area contributed by atoms with Gasteiger partial charge in [-0.1, -0.05) is 6.92 Å². The van der Waals surface area contributed by atoms with E-state index in [9.17, 15) is 26.4 Å². The lowest BCUT2D eigenvalue weighted by Crippen LogP contribution is -2.41. The van der Waals surface area contributed by atoms with E-state index in [-0.39, 0.29) is 57.9 Å². The van der Waals surface area contributed by atoms with Gasteiger partial charge in [-0.2, -0.15) is 13.2 Å². The summed E-state index contributed by atoms with van der Waals surface area (Å²) in [6.45, 7) is 1.86. The molecule has 0 spiro atoms. The number of hydrogen-bond donors (Lipinski definition) is 0. The van der Waals surface area contributed by atoms with E-state index in [1.165, 1.54) is 35.7 Å². The number of alkyl halides is 3. The molecule has 13 heteroatoms. The SMILES string of the molecule is CCS(=O)(=O)c1cc(N2CCOCC2=O)cnc1-c1nc2cc(C(F)(F)F)ncc2n1C. The molecule has 1 saturated heterocycles. The standard InChI is InChI=1S/C19H18F3N5O4S/c1-3-32(29,30)14-6-11(27-4-5-31-10-16(27)28)8-24-17(14)18-25-12-7-15(19(20,21)22)23-9-13(12)26(18)2/h6-9H,3-5,10H2,1-2H3. The molecule has 0 unspecified atom stereocenters. The van der Waals surface area contributed by atoms with E-state index in [2.05, 4.69) is 15.0 Å². The van der Waals surface area contributed by atoms with Crippen LogP contribution in [-0.2, 0) is 32.6 Å². The minimum Gasteiger partial charge on any atom is -0.370 e. The Labute approximate surface area is 180 Å². The molecular weight excluding hydrogens is 451 g/mol. The molecule has 1 aliphatic rings. The first kappa shape index (κ1) is 22.1. The van der Waals surface area contributed by atoms with Crippen LogP contribution in [-0.4, -0.2) is 59.4 Å². The first-order chi connectivity index (χ1) is 15.0. The number of rotatable bonds is 4. The number of imidazole rings is 1. The van der Waals surface area contributed by atoms with Crippen molar-refractivity contribution >= 4 is 32.5 Å². The van der Waals surface area contributed by atoms with Gasteiger partial charge in [0.2, 0.25) is 0 Å². The maximum atomic E-state index is 13.0. The summed E-state index contributed by atoms with van der Waals surface area (Å²) in [4.78, 5) is 25.3. The Morgan fingerprint density at radius 3 is 2.59 bits per heavy atom. The third-order valence-electron chi connectivity index (χ3n) is 5.12. The van der Waals surface area contributed by atoms with Crippen LogP contribution in [0.5, 0.6) is 0 Å². The second kappa shape index (κ2) is 7.81. The molecule has 0 radical (unpaired) electrons. The summed E-state index contributed by atoms with van der Waals surface area (Å²) >= 11 is 0. The summed E-state index contributed by atoms with van der Waals surface area (Å²) in [5.41, 5.74) is -0.566. The average molecular weight is 469 g/mol. The predicted molar refractivity (Wildman–Crippen MR) is 108 cm³/mol. The number of ether oxygens (including phenoxy) is 1. The molecule has 3 aromatic rings. The number of carbonyl (C=O) groups is 1. The van der Waals surface area contributed by atoms with Crippen LogP contribution in [0.2, 0.25) is 0 Å². The fraction of sp³-hybridized carbons (Fsp3) is 0.368. The Hall–Kier alpha value is -3.06. The number of pyridine rings is 2. The largest absolute Gasteiger partial charge is 0.433 e. The Kier molecular flexibility index (Phi) is 5.41. The molecule has 4 rings (SSSR count). The van der Waals surface area contributed by atoms with Crippen molar-refractivity contribution in [3.05, 3.63) is 30.2 Å². The van der Waals surface area contributed by atoms with E-state index >= 15 is 0 Å². The summed E-state index contributed by atoms with van der Waals surface area (Å²) < 4.78 is 71.3. The molecule has 9 nitrogen and oxygen atoms in total. The highest BCUT2D eigenvalue weighted by Crippen LogP contribution is 2.33. The number of fused-ring (bicyclic) bond motifs is 1. The first-order valence-electron chi connectivity index (χ1n) is 9.54. The van der Waals surface area contributed by atoms with Crippen molar-refractivity contribution in [3.63, 3.8) is 0 Å². The normalized spacial score (nSPS) is 15.5. The van der Waals surface area contributed by atoms with Gasteiger partial charge in [0.25, 0.3) is 5.91 Å². The monoisotopic (exact) mass is 469 g/mol. The van der Waals surface area contributed by atoms with Gasteiger partial charge in [-0.15, -0.1) is 0 Å². The van der Waals surface area contributed by atoms with Gasteiger partial charge >= 0.3 is 6.18 Å². The highest BCUT2D eigenvalue weighted by Gasteiger charge is 2.33. The summed E-state index contributed by atoms with van der Waals surface area (Å²) in [5, 5.41) is 0. The van der Waals surface area contributed by atoms with Gasteiger partial charge in [0.05, 0.1) is 46.4 Å². The fourth-order valence-corrected chi connectivity index (χ4v) is 4.44. The summed E-state index contributed by atoms with van der Waals surface area (Å²) in [6.07, 6.45) is -2.28. The number of sulfone groups is 1. The van der Waals surface area contributed by atoms with Gasteiger partial charge in [0.15, 0.2) is 15.7 Å². The van der Waals surface area contributed by atoms with Crippen LogP contribution in [0.15, 0.2) is 29.4 Å². The molecule has 0 aliphatic carbocycles.